The van der Waals surface area contributed by atoms with Crippen LogP contribution in [0.15, 0.2) is 36.4 Å². The van der Waals surface area contributed by atoms with Gasteiger partial charge in [-0.2, -0.15) is 5.10 Å². The Morgan fingerprint density at radius 1 is 1.22 bits per heavy atom. The Labute approximate surface area is 185 Å². The Morgan fingerprint density at radius 3 is 2.62 bits per heavy atom. The Morgan fingerprint density at radius 2 is 1.97 bits per heavy atom. The first-order valence-corrected chi connectivity index (χ1v) is 10.8. The fourth-order valence-corrected chi connectivity index (χ4v) is 4.15. The van der Waals surface area contributed by atoms with E-state index in [0.717, 1.165) is 23.9 Å². The van der Waals surface area contributed by atoms with E-state index < -0.39 is 5.91 Å². The summed E-state index contributed by atoms with van der Waals surface area (Å²) in [7, 11) is 0. The molecule has 3 N–H and O–H groups in total. The van der Waals surface area contributed by atoms with Crippen molar-refractivity contribution in [2.75, 3.05) is 19.7 Å². The molecule has 8 heteroatoms. The number of likely N-dealkylation sites (tertiary alicyclic amines) is 1. The first kappa shape index (κ1) is 21.8. The molecule has 3 aromatic rings. The highest BCUT2D eigenvalue weighted by molar-refractivity contribution is 6.07. The third-order valence-electron chi connectivity index (χ3n) is 5.81. The van der Waals surface area contributed by atoms with E-state index in [2.05, 4.69) is 10.2 Å². The number of benzene rings is 2. The molecule has 0 aliphatic carbocycles. The molecule has 1 aliphatic rings. The van der Waals surface area contributed by atoms with E-state index in [0.29, 0.717) is 47.8 Å². The average molecular weight is 439 g/mol. The lowest BCUT2D eigenvalue weighted by Crippen LogP contribution is -2.38. The number of fused-ring (bicyclic) bond motifs is 1. The summed E-state index contributed by atoms with van der Waals surface area (Å²) in [6.45, 7) is 5.56. The number of nitrogens with one attached hydrogen (secondary N) is 1. The summed E-state index contributed by atoms with van der Waals surface area (Å²) in [6, 6.07) is 9.78. The lowest BCUT2D eigenvalue weighted by Gasteiger charge is -2.31. The molecule has 1 aromatic heterocycles. The van der Waals surface area contributed by atoms with Crippen molar-refractivity contribution in [2.45, 2.75) is 32.6 Å². The van der Waals surface area contributed by atoms with Crippen LogP contribution in [-0.4, -0.2) is 46.8 Å². The van der Waals surface area contributed by atoms with E-state index >= 15 is 0 Å². The van der Waals surface area contributed by atoms with Gasteiger partial charge in [0.2, 0.25) is 0 Å². The molecular weight excluding hydrogens is 411 g/mol. The van der Waals surface area contributed by atoms with Gasteiger partial charge in [0.25, 0.3) is 5.91 Å². The number of nitrogens with two attached hydrogens (primary N) is 1. The summed E-state index contributed by atoms with van der Waals surface area (Å²) in [5.74, 6) is -0.515. The van der Waals surface area contributed by atoms with Crippen molar-refractivity contribution in [1.82, 2.24) is 15.1 Å². The fraction of sp³-hybridized carbons (Fsp3) is 0.375. The summed E-state index contributed by atoms with van der Waals surface area (Å²) in [6.07, 6.45) is 1.20. The van der Waals surface area contributed by atoms with Gasteiger partial charge in [-0.1, -0.05) is 26.0 Å². The van der Waals surface area contributed by atoms with E-state index in [-0.39, 0.29) is 17.8 Å². The zero-order chi connectivity index (χ0) is 22.8. The Hall–Kier alpha value is -3.42. The van der Waals surface area contributed by atoms with Crippen molar-refractivity contribution >= 4 is 22.9 Å². The molecular formula is C24H27FN4O3. The molecule has 2 heterocycles. The van der Waals surface area contributed by atoms with Crippen LogP contribution in [0.1, 0.15) is 48.7 Å². The smallest absolute Gasteiger partial charge is 0.409 e. The van der Waals surface area contributed by atoms with Crippen LogP contribution in [0.3, 0.4) is 0 Å². The zero-order valence-corrected chi connectivity index (χ0v) is 18.2. The zero-order valence-electron chi connectivity index (χ0n) is 18.2. The molecule has 0 bridgehead atoms. The topological polar surface area (TPSA) is 101 Å². The van der Waals surface area contributed by atoms with Gasteiger partial charge in [0.05, 0.1) is 12.2 Å². The molecule has 168 valence electrons. The van der Waals surface area contributed by atoms with E-state index in [1.165, 1.54) is 12.1 Å². The SMILES string of the molecule is CC(C)COC(=O)N1CCC(c2[nH]nc3c(C(N)=O)cc(-c4cccc(F)c4)cc23)CC1. The van der Waals surface area contributed by atoms with Crippen molar-refractivity contribution in [3.63, 3.8) is 0 Å². The van der Waals surface area contributed by atoms with Crippen LogP contribution in [0, 0.1) is 11.7 Å². The van der Waals surface area contributed by atoms with Crippen molar-refractivity contribution in [3.05, 3.63) is 53.5 Å². The second kappa shape index (κ2) is 8.98. The molecule has 1 fully saturated rings. The minimum Gasteiger partial charge on any atom is -0.449 e. The normalized spacial score (nSPS) is 14.8. The summed E-state index contributed by atoms with van der Waals surface area (Å²) in [5, 5.41) is 8.24. The molecule has 2 aromatic carbocycles. The van der Waals surface area contributed by atoms with Gasteiger partial charge in [0, 0.05) is 30.1 Å². The molecule has 1 aliphatic heterocycles. The summed E-state index contributed by atoms with van der Waals surface area (Å²) >= 11 is 0. The molecule has 0 atom stereocenters. The first-order chi connectivity index (χ1) is 15.3. The van der Waals surface area contributed by atoms with Crippen LogP contribution >= 0.6 is 0 Å². The van der Waals surface area contributed by atoms with E-state index in [9.17, 15) is 14.0 Å². The van der Waals surface area contributed by atoms with Gasteiger partial charge in [-0.05, 0) is 54.2 Å². The standard InChI is InChI=1S/C24H27FN4O3/c1-14(2)13-32-24(31)29-8-6-15(7-9-29)21-19-11-17(16-4-3-5-18(25)10-16)12-20(23(26)30)22(19)28-27-21/h3-5,10-12,14-15H,6-9,13H2,1-2H3,(H2,26,30)(H,27,28). The van der Waals surface area contributed by atoms with Gasteiger partial charge >= 0.3 is 6.09 Å². The highest BCUT2D eigenvalue weighted by atomic mass is 19.1. The van der Waals surface area contributed by atoms with Gasteiger partial charge in [0.1, 0.15) is 11.3 Å². The molecule has 4 rings (SSSR count). The number of ether oxygens (including phenoxy) is 1. The van der Waals surface area contributed by atoms with Crippen LogP contribution in [0.25, 0.3) is 22.0 Å². The third kappa shape index (κ3) is 4.44. The Bertz CT molecular complexity index is 1150. The lowest BCUT2D eigenvalue weighted by molar-refractivity contribution is 0.0833. The van der Waals surface area contributed by atoms with Crippen molar-refractivity contribution in [3.8, 4) is 11.1 Å². The number of H-pyrrole nitrogens is 1. The molecule has 0 spiro atoms. The third-order valence-corrected chi connectivity index (χ3v) is 5.81. The minimum atomic E-state index is -0.589. The maximum absolute atomic E-state index is 13.8. The molecule has 32 heavy (non-hydrogen) atoms. The van der Waals surface area contributed by atoms with Crippen molar-refractivity contribution < 1.29 is 18.7 Å². The van der Waals surface area contributed by atoms with E-state index in [4.69, 9.17) is 10.5 Å². The molecule has 0 unspecified atom stereocenters. The highest BCUT2D eigenvalue weighted by Crippen LogP contribution is 2.35. The predicted molar refractivity (Wildman–Crippen MR) is 120 cm³/mol. The second-order valence-corrected chi connectivity index (χ2v) is 8.66. The molecule has 2 amide bonds. The molecule has 0 radical (unpaired) electrons. The summed E-state index contributed by atoms with van der Waals surface area (Å²) in [4.78, 5) is 26.1. The quantitative estimate of drug-likeness (QED) is 0.615. The van der Waals surface area contributed by atoms with Crippen molar-refractivity contribution in [1.29, 1.82) is 0 Å². The maximum Gasteiger partial charge on any atom is 0.409 e. The number of amides is 2. The number of hydrogen-bond donors (Lipinski definition) is 2. The molecule has 0 saturated carbocycles. The summed E-state index contributed by atoms with van der Waals surface area (Å²) < 4.78 is 19.1. The number of carbonyl (C=O) groups excluding carboxylic acids is 2. The van der Waals surface area contributed by atoms with Crippen LogP contribution in [0.4, 0.5) is 9.18 Å². The molecule has 1 saturated heterocycles. The van der Waals surface area contributed by atoms with Crippen LogP contribution in [0.2, 0.25) is 0 Å². The fourth-order valence-electron chi connectivity index (χ4n) is 4.15. The lowest BCUT2D eigenvalue weighted by atomic mass is 9.90. The summed E-state index contributed by atoms with van der Waals surface area (Å²) in [5.41, 5.74) is 8.67. The first-order valence-electron chi connectivity index (χ1n) is 10.8. The number of primary amides is 1. The maximum atomic E-state index is 13.8. The number of hydrogen-bond acceptors (Lipinski definition) is 4. The number of aromatic nitrogens is 2. The van der Waals surface area contributed by atoms with E-state index in [1.54, 1.807) is 23.1 Å². The average Bonchev–Trinajstić information content (AvgIpc) is 3.20. The van der Waals surface area contributed by atoms with Gasteiger partial charge in [-0.15, -0.1) is 0 Å². The van der Waals surface area contributed by atoms with Crippen molar-refractivity contribution in [2.24, 2.45) is 11.7 Å². The van der Waals surface area contributed by atoms with Crippen LogP contribution in [-0.2, 0) is 4.74 Å². The second-order valence-electron chi connectivity index (χ2n) is 8.66. The number of rotatable bonds is 5. The van der Waals surface area contributed by atoms with E-state index in [1.807, 2.05) is 19.9 Å². The number of aromatic amines is 1. The van der Waals surface area contributed by atoms with Gasteiger partial charge in [-0.3, -0.25) is 9.89 Å². The van der Waals surface area contributed by atoms with Gasteiger partial charge < -0.3 is 15.4 Å². The monoisotopic (exact) mass is 438 g/mol. The number of carbonyl (C=O) groups is 2. The van der Waals surface area contributed by atoms with Crippen LogP contribution in [0.5, 0.6) is 0 Å². The van der Waals surface area contributed by atoms with Gasteiger partial charge in [-0.25, -0.2) is 9.18 Å². The highest BCUT2D eigenvalue weighted by Gasteiger charge is 2.28. The number of halogens is 1. The number of nitrogens with zero attached hydrogens (tertiary/aromatic N) is 2. The number of piperidine rings is 1. The molecule has 7 nitrogen and oxygen atoms in total. The predicted octanol–water partition coefficient (Wildman–Crippen LogP) is 4.44. The van der Waals surface area contributed by atoms with Gasteiger partial charge in [0.15, 0.2) is 0 Å². The Kier molecular flexibility index (Phi) is 6.12. The van der Waals surface area contributed by atoms with Crippen LogP contribution < -0.4 is 5.73 Å². The minimum absolute atomic E-state index is 0.137. The Balaban J connectivity index is 1.62. The largest absolute Gasteiger partial charge is 0.449 e.